The van der Waals surface area contributed by atoms with Gasteiger partial charge in [0.15, 0.2) is 12.6 Å². The van der Waals surface area contributed by atoms with Crippen molar-refractivity contribution >= 4 is 23.2 Å². The highest BCUT2D eigenvalue weighted by Gasteiger charge is 2.23. The fourth-order valence-corrected chi connectivity index (χ4v) is 3.65. The maximum atomic E-state index is 11.7. The normalized spacial score (nSPS) is 14.9. The quantitative estimate of drug-likeness (QED) is 0.413. The van der Waals surface area contributed by atoms with Gasteiger partial charge in [0.1, 0.15) is 5.75 Å². The summed E-state index contributed by atoms with van der Waals surface area (Å²) >= 11 is 1.73. The molecule has 1 aliphatic carbocycles. The molecule has 1 aromatic heterocycles. The Hall–Kier alpha value is -2.54. The summed E-state index contributed by atoms with van der Waals surface area (Å²) in [6, 6.07) is 10.4. The first-order valence-electron chi connectivity index (χ1n) is 10.1. The molecule has 1 atom stereocenters. The number of nitrogens with one attached hydrogen (secondary N) is 3. The van der Waals surface area contributed by atoms with E-state index in [1.807, 2.05) is 24.3 Å². The molecule has 29 heavy (non-hydrogen) atoms. The molecule has 1 saturated carbocycles. The molecular formula is C22H30N4O2S. The summed E-state index contributed by atoms with van der Waals surface area (Å²) in [4.78, 5) is 16.0. The molecule has 0 saturated heterocycles. The average molecular weight is 415 g/mol. The molecule has 0 aliphatic heterocycles. The Kier molecular flexibility index (Phi) is 7.93. The van der Waals surface area contributed by atoms with E-state index in [0.717, 1.165) is 38.3 Å². The summed E-state index contributed by atoms with van der Waals surface area (Å²) in [5.41, 5.74) is 2.56. The van der Waals surface area contributed by atoms with Crippen LogP contribution in [0.1, 0.15) is 36.8 Å². The van der Waals surface area contributed by atoms with Gasteiger partial charge in [-0.25, -0.2) is 0 Å². The number of benzene rings is 1. The molecule has 0 radical (unpaired) electrons. The molecule has 1 amide bonds. The number of hydrogen-bond acceptors (Lipinski definition) is 4. The molecule has 0 spiro atoms. The van der Waals surface area contributed by atoms with Crippen molar-refractivity contribution in [1.82, 2.24) is 16.0 Å². The van der Waals surface area contributed by atoms with Crippen molar-refractivity contribution in [2.75, 3.05) is 26.7 Å². The summed E-state index contributed by atoms with van der Waals surface area (Å²) in [6.45, 7) is 3.91. The summed E-state index contributed by atoms with van der Waals surface area (Å²) in [6.07, 6.45) is 3.05. The molecule has 2 aromatic rings. The molecule has 1 unspecified atom stereocenters. The molecule has 1 fully saturated rings. The molecular weight excluding hydrogens is 384 g/mol. The topological polar surface area (TPSA) is 74.8 Å². The first-order chi connectivity index (χ1) is 14.1. The maximum absolute atomic E-state index is 11.7. The van der Waals surface area contributed by atoms with Crippen molar-refractivity contribution < 1.29 is 9.53 Å². The third-order valence-corrected chi connectivity index (χ3v) is 5.55. The Bertz CT molecular complexity index is 786. The minimum absolute atomic E-state index is 0.0482. The highest BCUT2D eigenvalue weighted by atomic mass is 32.1. The summed E-state index contributed by atoms with van der Waals surface area (Å²) < 4.78 is 5.54. The van der Waals surface area contributed by atoms with E-state index >= 15 is 0 Å². The van der Waals surface area contributed by atoms with Gasteiger partial charge in [0.05, 0.1) is 0 Å². The van der Waals surface area contributed by atoms with E-state index in [2.05, 4.69) is 44.7 Å². The number of aliphatic imine (C=N–C) groups is 1. The van der Waals surface area contributed by atoms with Crippen molar-refractivity contribution in [3.05, 3.63) is 52.2 Å². The average Bonchev–Trinajstić information content (AvgIpc) is 3.37. The smallest absolute Gasteiger partial charge is 0.258 e. The SMILES string of the molecule is CN=C(NCCc1ccc(OCC(=O)NC2CC2)cc1)NCC(C)c1ccsc1. The van der Waals surface area contributed by atoms with Crippen LogP contribution in [0.25, 0.3) is 0 Å². The van der Waals surface area contributed by atoms with Gasteiger partial charge in [-0.3, -0.25) is 9.79 Å². The van der Waals surface area contributed by atoms with E-state index in [0.29, 0.717) is 17.7 Å². The number of nitrogens with zero attached hydrogens (tertiary/aromatic N) is 1. The van der Waals surface area contributed by atoms with Gasteiger partial charge < -0.3 is 20.7 Å². The molecule has 1 heterocycles. The fourth-order valence-electron chi connectivity index (χ4n) is 2.87. The van der Waals surface area contributed by atoms with Gasteiger partial charge in [-0.1, -0.05) is 19.1 Å². The molecule has 0 bridgehead atoms. The number of ether oxygens (including phenoxy) is 1. The van der Waals surface area contributed by atoms with E-state index < -0.39 is 0 Å². The minimum atomic E-state index is -0.0482. The van der Waals surface area contributed by atoms with E-state index in [1.54, 1.807) is 18.4 Å². The van der Waals surface area contributed by atoms with Crippen molar-refractivity contribution in [2.45, 2.75) is 38.1 Å². The zero-order valence-electron chi connectivity index (χ0n) is 17.1. The Morgan fingerprint density at radius 2 is 2.03 bits per heavy atom. The predicted octanol–water partition coefficient (Wildman–Crippen LogP) is 2.92. The summed E-state index contributed by atoms with van der Waals surface area (Å²) in [5, 5.41) is 14.0. The second-order valence-corrected chi connectivity index (χ2v) is 8.14. The van der Waals surface area contributed by atoms with Crippen molar-refractivity contribution in [3.8, 4) is 5.75 Å². The molecule has 3 rings (SSSR count). The van der Waals surface area contributed by atoms with E-state index in [9.17, 15) is 4.79 Å². The minimum Gasteiger partial charge on any atom is -0.484 e. The largest absolute Gasteiger partial charge is 0.484 e. The van der Waals surface area contributed by atoms with Crippen LogP contribution < -0.4 is 20.7 Å². The van der Waals surface area contributed by atoms with Crippen LogP contribution in [0.3, 0.4) is 0 Å². The van der Waals surface area contributed by atoms with Gasteiger partial charge in [0.25, 0.3) is 5.91 Å². The van der Waals surface area contributed by atoms with Gasteiger partial charge in [-0.05, 0) is 65.3 Å². The van der Waals surface area contributed by atoms with E-state index in [-0.39, 0.29) is 12.5 Å². The van der Waals surface area contributed by atoms with Crippen LogP contribution in [0, 0.1) is 0 Å². The van der Waals surface area contributed by atoms with Crippen molar-refractivity contribution in [3.63, 3.8) is 0 Å². The highest BCUT2D eigenvalue weighted by molar-refractivity contribution is 7.07. The first kappa shape index (κ1) is 21.2. The molecule has 156 valence electrons. The van der Waals surface area contributed by atoms with Gasteiger partial charge in [-0.2, -0.15) is 11.3 Å². The Morgan fingerprint density at radius 3 is 2.69 bits per heavy atom. The standard InChI is InChI=1S/C22H30N4O2S/c1-16(18-10-12-29-15-18)13-25-22(23-2)24-11-9-17-3-7-20(8-4-17)28-14-21(27)26-19-5-6-19/h3-4,7-8,10,12,15-16,19H,5-6,9,11,13-14H2,1-2H3,(H,26,27)(H2,23,24,25). The fraction of sp³-hybridized carbons (Fsp3) is 0.455. The van der Waals surface area contributed by atoms with Crippen molar-refractivity contribution in [1.29, 1.82) is 0 Å². The van der Waals surface area contributed by atoms with Crippen LogP contribution in [0.4, 0.5) is 0 Å². The van der Waals surface area contributed by atoms with Crippen LogP contribution in [0.5, 0.6) is 5.75 Å². The van der Waals surface area contributed by atoms with Gasteiger partial charge in [0.2, 0.25) is 0 Å². The third-order valence-electron chi connectivity index (χ3n) is 4.85. The van der Waals surface area contributed by atoms with Crippen LogP contribution in [0.15, 0.2) is 46.1 Å². The lowest BCUT2D eigenvalue weighted by Gasteiger charge is -2.15. The second kappa shape index (κ2) is 10.9. The highest BCUT2D eigenvalue weighted by Crippen LogP contribution is 2.19. The number of hydrogen-bond donors (Lipinski definition) is 3. The van der Waals surface area contributed by atoms with Crippen LogP contribution in [0.2, 0.25) is 0 Å². The van der Waals surface area contributed by atoms with E-state index in [4.69, 9.17) is 4.74 Å². The zero-order valence-corrected chi connectivity index (χ0v) is 17.9. The van der Waals surface area contributed by atoms with Gasteiger partial charge >= 0.3 is 0 Å². The molecule has 1 aliphatic rings. The zero-order chi connectivity index (χ0) is 20.5. The number of guanidine groups is 1. The monoisotopic (exact) mass is 414 g/mol. The third kappa shape index (κ3) is 7.42. The number of rotatable bonds is 10. The number of carbonyl (C=O) groups is 1. The second-order valence-electron chi connectivity index (χ2n) is 7.36. The van der Waals surface area contributed by atoms with Crippen LogP contribution >= 0.6 is 11.3 Å². The first-order valence-corrected chi connectivity index (χ1v) is 11.1. The van der Waals surface area contributed by atoms with Crippen molar-refractivity contribution in [2.24, 2.45) is 4.99 Å². The molecule has 6 nitrogen and oxygen atoms in total. The molecule has 3 N–H and O–H groups in total. The summed E-state index contributed by atoms with van der Waals surface area (Å²) in [5.74, 6) is 1.92. The van der Waals surface area contributed by atoms with Gasteiger partial charge in [0, 0.05) is 26.2 Å². The summed E-state index contributed by atoms with van der Waals surface area (Å²) in [7, 11) is 1.79. The lowest BCUT2D eigenvalue weighted by atomic mass is 10.1. The predicted molar refractivity (Wildman–Crippen MR) is 119 cm³/mol. The van der Waals surface area contributed by atoms with Crippen LogP contribution in [-0.2, 0) is 11.2 Å². The number of amides is 1. The number of thiophene rings is 1. The van der Waals surface area contributed by atoms with Crippen LogP contribution in [-0.4, -0.2) is 44.7 Å². The Labute approximate surface area is 176 Å². The maximum Gasteiger partial charge on any atom is 0.258 e. The van der Waals surface area contributed by atoms with E-state index in [1.165, 1.54) is 11.1 Å². The Morgan fingerprint density at radius 1 is 1.24 bits per heavy atom. The lowest BCUT2D eigenvalue weighted by Crippen LogP contribution is -2.39. The molecule has 1 aromatic carbocycles. The molecule has 7 heteroatoms. The van der Waals surface area contributed by atoms with Gasteiger partial charge in [-0.15, -0.1) is 0 Å². The lowest BCUT2D eigenvalue weighted by molar-refractivity contribution is -0.123. The Balaban J connectivity index is 1.33. The number of carbonyl (C=O) groups excluding carboxylic acids is 1.